The number of hydrogen-bond donors (Lipinski definition) is 1. The number of nitrogens with one attached hydrogen (secondary N) is 1. The van der Waals surface area contributed by atoms with E-state index < -0.39 is 0 Å². The molecule has 1 heterocycles. The average Bonchev–Trinajstić information content (AvgIpc) is 2.69. The Bertz CT molecular complexity index is 905. The normalized spacial score (nSPS) is 15.9. The smallest absolute Gasteiger partial charge is 0.286 e. The standard InChI is InChI=1S/C23H22N2O/c26-23(24-22-14-6-11-19-10-4-5-13-21(19)22)17-25-15-7-12-20(16-25)18-8-2-1-3-9-18/h1-5,7-10,12-13,15-16,22H,6,11,14,17H2/p+1/t22-/m0/s1. The highest BCUT2D eigenvalue weighted by molar-refractivity contribution is 5.75. The molecule has 3 heteroatoms. The van der Waals surface area contributed by atoms with Crippen LogP contribution in [0.4, 0.5) is 0 Å². The predicted molar refractivity (Wildman–Crippen MR) is 102 cm³/mol. The van der Waals surface area contributed by atoms with Crippen molar-refractivity contribution in [3.05, 3.63) is 90.3 Å². The molecule has 0 aliphatic heterocycles. The number of carbonyl (C=O) groups excluding carboxylic acids is 1. The van der Waals surface area contributed by atoms with Crippen LogP contribution in [0.25, 0.3) is 11.1 Å². The number of nitrogens with zero attached hydrogens (tertiary/aromatic N) is 1. The third-order valence-electron chi connectivity index (χ3n) is 5.00. The summed E-state index contributed by atoms with van der Waals surface area (Å²) < 4.78 is 1.95. The maximum Gasteiger partial charge on any atom is 0.286 e. The van der Waals surface area contributed by atoms with Crippen molar-refractivity contribution in [2.24, 2.45) is 0 Å². The van der Waals surface area contributed by atoms with Gasteiger partial charge in [0.25, 0.3) is 5.91 Å². The van der Waals surface area contributed by atoms with Crippen LogP contribution in [0.5, 0.6) is 0 Å². The number of aromatic nitrogens is 1. The van der Waals surface area contributed by atoms with Gasteiger partial charge in [-0.05, 0) is 42.0 Å². The van der Waals surface area contributed by atoms with E-state index in [1.54, 1.807) is 0 Å². The number of pyridine rings is 1. The number of amides is 1. The van der Waals surface area contributed by atoms with E-state index in [1.165, 1.54) is 11.1 Å². The first-order chi connectivity index (χ1) is 12.8. The molecule has 1 aliphatic rings. The van der Waals surface area contributed by atoms with Crippen LogP contribution in [0.3, 0.4) is 0 Å². The maximum atomic E-state index is 12.6. The summed E-state index contributed by atoms with van der Waals surface area (Å²) in [5.41, 5.74) is 4.91. The fraction of sp³-hybridized carbons (Fsp3) is 0.217. The van der Waals surface area contributed by atoms with E-state index in [-0.39, 0.29) is 11.9 Å². The van der Waals surface area contributed by atoms with E-state index >= 15 is 0 Å². The summed E-state index contributed by atoms with van der Waals surface area (Å²) in [5, 5.41) is 3.22. The van der Waals surface area contributed by atoms with Crippen molar-refractivity contribution < 1.29 is 9.36 Å². The highest BCUT2D eigenvalue weighted by Crippen LogP contribution is 2.29. The lowest BCUT2D eigenvalue weighted by molar-refractivity contribution is -0.684. The van der Waals surface area contributed by atoms with E-state index in [4.69, 9.17) is 0 Å². The van der Waals surface area contributed by atoms with Gasteiger partial charge in [-0.15, -0.1) is 0 Å². The van der Waals surface area contributed by atoms with Crippen molar-refractivity contribution >= 4 is 5.91 Å². The molecule has 0 unspecified atom stereocenters. The van der Waals surface area contributed by atoms with Gasteiger partial charge in [0.1, 0.15) is 0 Å². The van der Waals surface area contributed by atoms with Gasteiger partial charge in [-0.25, -0.2) is 0 Å². The van der Waals surface area contributed by atoms with Crippen LogP contribution in [0.1, 0.15) is 30.0 Å². The lowest BCUT2D eigenvalue weighted by Crippen LogP contribution is -2.44. The van der Waals surface area contributed by atoms with Crippen LogP contribution in [0, 0.1) is 0 Å². The highest BCUT2D eigenvalue weighted by Gasteiger charge is 2.22. The third kappa shape index (κ3) is 3.67. The first-order valence-corrected chi connectivity index (χ1v) is 9.21. The lowest BCUT2D eigenvalue weighted by Gasteiger charge is -2.25. The molecule has 0 saturated heterocycles. The van der Waals surface area contributed by atoms with Crippen molar-refractivity contribution in [3.63, 3.8) is 0 Å². The Labute approximate surface area is 154 Å². The zero-order chi connectivity index (χ0) is 17.8. The van der Waals surface area contributed by atoms with Gasteiger partial charge in [-0.1, -0.05) is 54.6 Å². The summed E-state index contributed by atoms with van der Waals surface area (Å²) in [6.45, 7) is 0.333. The van der Waals surface area contributed by atoms with Crippen molar-refractivity contribution in [1.82, 2.24) is 5.32 Å². The van der Waals surface area contributed by atoms with Gasteiger partial charge in [0.05, 0.1) is 6.04 Å². The van der Waals surface area contributed by atoms with Crippen molar-refractivity contribution in [2.45, 2.75) is 31.8 Å². The van der Waals surface area contributed by atoms with E-state index in [0.29, 0.717) is 6.54 Å². The minimum absolute atomic E-state index is 0.0573. The fourth-order valence-electron chi connectivity index (χ4n) is 3.73. The Balaban J connectivity index is 1.46. The summed E-state index contributed by atoms with van der Waals surface area (Å²) in [7, 11) is 0. The molecule has 1 amide bonds. The van der Waals surface area contributed by atoms with Gasteiger partial charge in [0.2, 0.25) is 6.54 Å². The van der Waals surface area contributed by atoms with Gasteiger partial charge >= 0.3 is 0 Å². The summed E-state index contributed by atoms with van der Waals surface area (Å²) >= 11 is 0. The number of carbonyl (C=O) groups is 1. The van der Waals surface area contributed by atoms with Crippen LogP contribution < -0.4 is 9.88 Å². The molecule has 1 aromatic heterocycles. The van der Waals surface area contributed by atoms with E-state index in [2.05, 4.69) is 47.8 Å². The SMILES string of the molecule is O=C(C[n+]1cccc(-c2ccccc2)c1)N[C@H]1CCCc2ccccc21. The molecule has 26 heavy (non-hydrogen) atoms. The first-order valence-electron chi connectivity index (χ1n) is 9.21. The fourth-order valence-corrected chi connectivity index (χ4v) is 3.73. The quantitative estimate of drug-likeness (QED) is 0.718. The monoisotopic (exact) mass is 343 g/mol. The Hall–Kier alpha value is -2.94. The molecule has 4 rings (SSSR count). The molecule has 2 aromatic carbocycles. The summed E-state index contributed by atoms with van der Waals surface area (Å²) in [6, 6.07) is 22.9. The Morgan fingerprint density at radius 1 is 0.962 bits per heavy atom. The second-order valence-electron chi connectivity index (χ2n) is 6.84. The van der Waals surface area contributed by atoms with Crippen LogP contribution in [0.2, 0.25) is 0 Å². The summed E-state index contributed by atoms with van der Waals surface area (Å²) in [5.74, 6) is 0.0573. The number of benzene rings is 2. The summed E-state index contributed by atoms with van der Waals surface area (Å²) in [6.07, 6.45) is 7.22. The van der Waals surface area contributed by atoms with Crippen molar-refractivity contribution in [1.29, 1.82) is 0 Å². The second kappa shape index (κ2) is 7.52. The largest absolute Gasteiger partial charge is 0.344 e. The molecule has 1 atom stereocenters. The van der Waals surface area contributed by atoms with Crippen LogP contribution in [-0.2, 0) is 17.8 Å². The minimum atomic E-state index is 0.0573. The Morgan fingerprint density at radius 3 is 2.62 bits per heavy atom. The number of rotatable bonds is 4. The molecule has 1 aliphatic carbocycles. The minimum Gasteiger partial charge on any atom is -0.344 e. The lowest BCUT2D eigenvalue weighted by atomic mass is 9.88. The maximum absolute atomic E-state index is 12.6. The Kier molecular flexibility index (Phi) is 4.78. The highest BCUT2D eigenvalue weighted by atomic mass is 16.2. The zero-order valence-corrected chi connectivity index (χ0v) is 14.8. The number of hydrogen-bond acceptors (Lipinski definition) is 1. The molecular weight excluding hydrogens is 320 g/mol. The van der Waals surface area contributed by atoms with E-state index in [9.17, 15) is 4.79 Å². The molecule has 0 saturated carbocycles. The topological polar surface area (TPSA) is 33.0 Å². The van der Waals surface area contributed by atoms with Crippen molar-refractivity contribution in [2.75, 3.05) is 0 Å². The molecule has 3 nitrogen and oxygen atoms in total. The van der Waals surface area contributed by atoms with Gasteiger partial charge in [-0.3, -0.25) is 4.79 Å². The Morgan fingerprint density at radius 2 is 1.73 bits per heavy atom. The van der Waals surface area contributed by atoms with Gasteiger partial charge < -0.3 is 5.32 Å². The van der Waals surface area contributed by atoms with E-state index in [0.717, 1.165) is 30.4 Å². The molecule has 0 fully saturated rings. The third-order valence-corrected chi connectivity index (χ3v) is 5.00. The first kappa shape index (κ1) is 16.5. The van der Waals surface area contributed by atoms with Gasteiger partial charge in [0.15, 0.2) is 12.4 Å². The van der Waals surface area contributed by atoms with Crippen LogP contribution in [-0.4, -0.2) is 5.91 Å². The van der Waals surface area contributed by atoms with Crippen molar-refractivity contribution in [3.8, 4) is 11.1 Å². The van der Waals surface area contributed by atoms with Gasteiger partial charge in [-0.2, -0.15) is 4.57 Å². The summed E-state index contributed by atoms with van der Waals surface area (Å²) in [4.78, 5) is 12.6. The van der Waals surface area contributed by atoms with Crippen LogP contribution in [0.15, 0.2) is 79.1 Å². The molecule has 0 radical (unpaired) electrons. The number of aryl methyl sites for hydroxylation is 1. The number of fused-ring (bicyclic) bond motifs is 1. The second-order valence-corrected chi connectivity index (χ2v) is 6.84. The van der Waals surface area contributed by atoms with E-state index in [1.807, 2.05) is 41.2 Å². The van der Waals surface area contributed by atoms with Gasteiger partial charge in [0, 0.05) is 11.6 Å². The molecule has 3 aromatic rings. The zero-order valence-electron chi connectivity index (χ0n) is 14.8. The molecular formula is C23H23N2O+. The predicted octanol–water partition coefficient (Wildman–Crippen LogP) is 3.83. The molecule has 1 N–H and O–H groups in total. The molecule has 0 bridgehead atoms. The molecule has 130 valence electrons. The van der Waals surface area contributed by atoms with Crippen LogP contribution >= 0.6 is 0 Å². The average molecular weight is 343 g/mol. The molecule has 0 spiro atoms.